The number of nitrogens with zero attached hydrogens (tertiary/aromatic N) is 2. The minimum absolute atomic E-state index is 0.0157. The summed E-state index contributed by atoms with van der Waals surface area (Å²) in [5.74, 6) is -1.74. The Morgan fingerprint density at radius 3 is 1.94 bits per heavy atom. The van der Waals surface area contributed by atoms with Gasteiger partial charge in [0, 0.05) is 39.2 Å². The van der Waals surface area contributed by atoms with Crippen molar-refractivity contribution >= 4 is 114 Å². The first kappa shape index (κ1) is 45.1. The summed E-state index contributed by atoms with van der Waals surface area (Å²) in [6.45, 7) is 0. The Labute approximate surface area is 373 Å². The highest BCUT2D eigenvalue weighted by Gasteiger charge is 2.35. The summed E-state index contributed by atoms with van der Waals surface area (Å²) in [4.78, 5) is 41.5. The number of hydrogen-bond acceptors (Lipinski definition) is 15. The number of carbonyl (C=O) groups is 3. The van der Waals surface area contributed by atoms with Gasteiger partial charge in [-0.3, -0.25) is 38.7 Å². The molecule has 25 heteroatoms. The van der Waals surface area contributed by atoms with E-state index in [2.05, 4.69) is 31.7 Å². The van der Waals surface area contributed by atoms with Crippen molar-refractivity contribution in [2.75, 3.05) is 16.2 Å². The maximum atomic E-state index is 13.6. The number of hydrogen-bond donors (Lipinski definition) is 8. The number of ketones is 2. The van der Waals surface area contributed by atoms with Crippen molar-refractivity contribution in [2.24, 2.45) is 10.1 Å². The largest absolute Gasteiger partial charge is 0.345 e. The van der Waals surface area contributed by atoms with E-state index in [9.17, 15) is 66.3 Å². The molecule has 2 amide bonds. The van der Waals surface area contributed by atoms with Crippen molar-refractivity contribution in [3.05, 3.63) is 153 Å². The molecule has 66 heavy (non-hydrogen) atoms. The first-order chi connectivity index (χ1) is 31.0. The third kappa shape index (κ3) is 9.08. The van der Waals surface area contributed by atoms with Crippen LogP contribution in [0.2, 0.25) is 0 Å². The topological polar surface area (TPSA) is 342 Å². The first-order valence-electron chi connectivity index (χ1n) is 18.5. The molecule has 0 saturated carbocycles. The van der Waals surface area contributed by atoms with Crippen molar-refractivity contribution < 1.29 is 66.3 Å². The number of rotatable bonds is 10. The fourth-order valence-corrected chi connectivity index (χ4v) is 10.1. The molecular weight excluding hydrogens is 945 g/mol. The lowest BCUT2D eigenvalue weighted by Crippen LogP contribution is -2.30. The van der Waals surface area contributed by atoms with E-state index in [0.29, 0.717) is 10.8 Å². The van der Waals surface area contributed by atoms with E-state index in [1.165, 1.54) is 78.9 Å². The molecule has 0 saturated heterocycles. The molecular formula is C41H28N6O15S4. The van der Waals surface area contributed by atoms with E-state index in [0.717, 1.165) is 30.4 Å². The number of fused-ring (bicyclic) bond motifs is 4. The van der Waals surface area contributed by atoms with Gasteiger partial charge in [0.1, 0.15) is 19.6 Å². The number of Topliss-reactive ketones (excluding diaryl/α,β-unsaturated/α-hetero) is 1. The second-order valence-corrected chi connectivity index (χ2v) is 19.8. The molecule has 8 rings (SSSR count). The average molecular weight is 973 g/mol. The summed E-state index contributed by atoms with van der Waals surface area (Å²) in [7, 11) is -19.3. The van der Waals surface area contributed by atoms with Crippen LogP contribution in [-0.2, 0) is 45.3 Å². The van der Waals surface area contributed by atoms with Gasteiger partial charge < -0.3 is 10.7 Å². The lowest BCUT2D eigenvalue weighted by molar-refractivity contribution is -0.111. The van der Waals surface area contributed by atoms with Crippen molar-refractivity contribution in [1.29, 1.82) is 0 Å². The number of benzene rings is 5. The second kappa shape index (κ2) is 16.5. The van der Waals surface area contributed by atoms with Crippen LogP contribution in [0.25, 0.3) is 27.6 Å². The lowest BCUT2D eigenvalue weighted by Gasteiger charge is -2.23. The number of aliphatic imine (C=N–C) groups is 1. The van der Waals surface area contributed by atoms with Gasteiger partial charge in [-0.25, -0.2) is 4.79 Å². The normalized spacial score (nSPS) is 16.7. The molecule has 0 radical (unpaired) electrons. The van der Waals surface area contributed by atoms with E-state index in [1.54, 1.807) is 12.1 Å². The number of hydrazone groups is 1. The molecule has 0 unspecified atom stereocenters. The number of allylic oxidation sites excluding steroid dienone is 7. The number of amides is 2. The van der Waals surface area contributed by atoms with Gasteiger partial charge in [0.2, 0.25) is 5.78 Å². The van der Waals surface area contributed by atoms with Crippen LogP contribution in [0.4, 0.5) is 21.9 Å². The molecule has 8 N–H and O–H groups in total. The van der Waals surface area contributed by atoms with Crippen molar-refractivity contribution in [1.82, 2.24) is 5.43 Å². The maximum Gasteiger partial charge on any atom is 0.345 e. The van der Waals surface area contributed by atoms with Gasteiger partial charge in [0.25, 0.3) is 40.5 Å². The molecule has 336 valence electrons. The van der Waals surface area contributed by atoms with Crippen LogP contribution in [0.3, 0.4) is 0 Å². The van der Waals surface area contributed by atoms with Gasteiger partial charge in [-0.15, -0.1) is 0 Å². The fraction of sp³-hybridized carbons (Fsp3) is 0. The highest BCUT2D eigenvalue weighted by atomic mass is 32.2. The number of nitrogens with one attached hydrogen (secondary N) is 4. The Balaban J connectivity index is 1.01. The molecule has 21 nitrogen and oxygen atoms in total. The summed E-state index contributed by atoms with van der Waals surface area (Å²) >= 11 is 0. The average Bonchev–Trinajstić information content (AvgIpc) is 3.23. The molecule has 5 aromatic carbocycles. The molecule has 0 aromatic heterocycles. The fourth-order valence-electron chi connectivity index (χ4n) is 7.14. The summed E-state index contributed by atoms with van der Waals surface area (Å²) < 4.78 is 137. The smallest absolute Gasteiger partial charge is 0.306 e. The summed E-state index contributed by atoms with van der Waals surface area (Å²) in [6, 6.07) is 19.4. The third-order valence-corrected chi connectivity index (χ3v) is 13.6. The Bertz CT molecular complexity index is 3760. The van der Waals surface area contributed by atoms with E-state index in [1.807, 2.05) is 0 Å². The van der Waals surface area contributed by atoms with Crippen LogP contribution in [0.15, 0.2) is 162 Å². The number of anilines is 3. The molecule has 0 spiro atoms. The lowest BCUT2D eigenvalue weighted by atomic mass is 9.90. The molecule has 3 aliphatic rings. The van der Waals surface area contributed by atoms with Gasteiger partial charge in [0.05, 0.1) is 22.8 Å². The van der Waals surface area contributed by atoms with E-state index in [-0.39, 0.29) is 66.4 Å². The predicted molar refractivity (Wildman–Crippen MR) is 241 cm³/mol. The number of hydrazine groups is 1. The first-order valence-corrected chi connectivity index (χ1v) is 24.2. The molecule has 0 bridgehead atoms. The van der Waals surface area contributed by atoms with E-state index >= 15 is 0 Å². The summed E-state index contributed by atoms with van der Waals surface area (Å²) in [6.07, 6.45) is 5.18. The Morgan fingerprint density at radius 1 is 0.591 bits per heavy atom. The Kier molecular flexibility index (Phi) is 11.3. The quantitative estimate of drug-likeness (QED) is 0.0668. The Morgan fingerprint density at radius 2 is 1.26 bits per heavy atom. The molecule has 0 atom stereocenters. The van der Waals surface area contributed by atoms with Gasteiger partial charge in [0.15, 0.2) is 11.5 Å². The van der Waals surface area contributed by atoms with Crippen LogP contribution in [-0.4, -0.2) is 80.9 Å². The van der Waals surface area contributed by atoms with Crippen LogP contribution in [0, 0.1) is 0 Å². The zero-order valence-corrected chi connectivity index (χ0v) is 36.1. The minimum Gasteiger partial charge on any atom is -0.306 e. The molecule has 0 aliphatic heterocycles. The number of carbonyl (C=O) groups excluding carboxylic acids is 3. The SMILES string of the molecule is O=C(N=C1C=CC2=C(S(=O)(=O)O)C(NNc3ccc4c(S(=O)(=O)O)cccc4c3)=CC(=O)C2=C1)Nc1ccc2c(c1)C=C(S(=O)(=O)O)/C(=N\Nc1ccc3cccc(S(=O)(=O)O)c3c1)C2=O. The molecule has 0 fully saturated rings. The highest BCUT2D eigenvalue weighted by Crippen LogP contribution is 2.34. The summed E-state index contributed by atoms with van der Waals surface area (Å²) in [5, 5.41) is 7.39. The standard InChI is InChI=1S/C41H28N6O15S4/c48-34-20-33(46-44-26-11-12-28-22(15-26)4-2-5-35(28)63(51,52)53)40(66(60,61)62)30-14-10-25(18-32(30)34)43-41(50)42-24-9-13-29-23(16-24)17-37(65(57,58)59)38(39(29)49)47-45-27-8-7-21-3-1-6-36(31(21)19-27)64(54,55)56/h1-20,44-46H,(H,42,50)(H,51,52,53)(H,54,55,56)(H,57,58,59)(H,60,61,62)/b43-25?,47-38+. The minimum atomic E-state index is -5.12. The zero-order chi connectivity index (χ0) is 47.5. The van der Waals surface area contributed by atoms with Crippen LogP contribution >= 0.6 is 0 Å². The highest BCUT2D eigenvalue weighted by molar-refractivity contribution is 7.91. The molecule has 0 heterocycles. The maximum absolute atomic E-state index is 13.6. The molecule has 5 aromatic rings. The number of urea groups is 1. The monoisotopic (exact) mass is 972 g/mol. The second-order valence-electron chi connectivity index (χ2n) is 14.3. The van der Waals surface area contributed by atoms with Crippen molar-refractivity contribution in [3.63, 3.8) is 0 Å². The van der Waals surface area contributed by atoms with Crippen LogP contribution < -0.4 is 21.6 Å². The molecule has 3 aliphatic carbocycles. The van der Waals surface area contributed by atoms with Crippen LogP contribution in [0.5, 0.6) is 0 Å². The van der Waals surface area contributed by atoms with E-state index < -0.39 is 78.5 Å². The van der Waals surface area contributed by atoms with Gasteiger partial charge >= 0.3 is 6.03 Å². The van der Waals surface area contributed by atoms with Crippen molar-refractivity contribution in [2.45, 2.75) is 9.79 Å². The third-order valence-electron chi connectivity index (χ3n) is 9.96. The van der Waals surface area contributed by atoms with Gasteiger partial charge in [-0.05, 0) is 89.2 Å². The zero-order valence-electron chi connectivity index (χ0n) is 32.9. The van der Waals surface area contributed by atoms with Gasteiger partial charge in [-0.1, -0.05) is 42.5 Å². The van der Waals surface area contributed by atoms with Gasteiger partial charge in [-0.2, -0.15) is 43.8 Å². The van der Waals surface area contributed by atoms with Crippen molar-refractivity contribution in [3.8, 4) is 0 Å². The summed E-state index contributed by atoms with van der Waals surface area (Å²) in [5.41, 5.74) is 6.09. The predicted octanol–water partition coefficient (Wildman–Crippen LogP) is 5.07. The van der Waals surface area contributed by atoms with Crippen LogP contribution in [0.1, 0.15) is 15.9 Å². The Hall–Kier alpha value is -7.49. The van der Waals surface area contributed by atoms with E-state index in [4.69, 9.17) is 0 Å².